The summed E-state index contributed by atoms with van der Waals surface area (Å²) in [5, 5.41) is 17.6. The van der Waals surface area contributed by atoms with Crippen molar-refractivity contribution >= 4 is 44.9 Å². The predicted octanol–water partition coefficient (Wildman–Crippen LogP) is 3.09. The van der Waals surface area contributed by atoms with Gasteiger partial charge in [-0.1, -0.05) is 11.6 Å². The molecule has 10 heteroatoms. The second-order valence-electron chi connectivity index (χ2n) is 7.08. The van der Waals surface area contributed by atoms with E-state index in [0.717, 1.165) is 18.2 Å². The fourth-order valence-electron chi connectivity index (χ4n) is 3.31. The van der Waals surface area contributed by atoms with E-state index in [-0.39, 0.29) is 23.2 Å². The predicted molar refractivity (Wildman–Crippen MR) is 122 cm³/mol. The minimum absolute atomic E-state index is 0.164. The largest absolute Gasteiger partial charge is 0.493 e. The molecule has 0 bridgehead atoms. The topological polar surface area (TPSA) is 88.5 Å². The minimum atomic E-state index is -0.556. The molecular weight excluding hydrogens is 443 g/mol. The number of methoxy groups -OCH3 is 1. The summed E-state index contributed by atoms with van der Waals surface area (Å²) in [6, 6.07) is 7.83. The maximum atomic E-state index is 14.2. The number of halogens is 2. The van der Waals surface area contributed by atoms with Crippen LogP contribution in [0.25, 0.3) is 10.9 Å². The molecule has 0 amide bonds. The Morgan fingerprint density at radius 2 is 2.16 bits per heavy atom. The zero-order valence-corrected chi connectivity index (χ0v) is 18.5. The number of hydrogen-bond acceptors (Lipinski definition) is 7. The molecule has 1 aliphatic heterocycles. The van der Waals surface area contributed by atoms with E-state index < -0.39 is 11.9 Å². The molecule has 164 valence electrons. The van der Waals surface area contributed by atoms with Crippen molar-refractivity contribution in [2.75, 3.05) is 43.0 Å². The average Bonchev–Trinajstić information content (AvgIpc) is 3.26. The van der Waals surface area contributed by atoms with Crippen LogP contribution in [0.4, 0.5) is 15.9 Å². The molecule has 3 N–H and O–H groups in total. The highest BCUT2D eigenvalue weighted by Gasteiger charge is 2.27. The number of aliphatic hydroxyl groups excluding tert-OH is 1. The first-order valence-corrected chi connectivity index (χ1v) is 11.8. The Bertz CT molecular complexity index is 1070. The number of rotatable bonds is 8. The van der Waals surface area contributed by atoms with Gasteiger partial charge >= 0.3 is 0 Å². The molecule has 31 heavy (non-hydrogen) atoms. The van der Waals surface area contributed by atoms with Crippen molar-refractivity contribution in [2.45, 2.75) is 6.10 Å². The summed E-state index contributed by atoms with van der Waals surface area (Å²) in [6.07, 6.45) is 0.830. The third-order valence-corrected chi connectivity index (χ3v) is 7.32. The number of aliphatic hydroxyl groups is 1. The van der Waals surface area contributed by atoms with Crippen LogP contribution in [-0.4, -0.2) is 58.8 Å². The summed E-state index contributed by atoms with van der Waals surface area (Å²) in [5.41, 5.74) is 0.841. The van der Waals surface area contributed by atoms with Gasteiger partial charge in [-0.15, -0.1) is 0 Å². The normalized spacial score (nSPS) is 17.0. The number of aromatic nitrogens is 2. The number of ether oxygens (including phenoxy) is 2. The van der Waals surface area contributed by atoms with Crippen molar-refractivity contribution in [3.8, 4) is 11.5 Å². The van der Waals surface area contributed by atoms with Crippen LogP contribution in [0, 0.1) is 5.82 Å². The van der Waals surface area contributed by atoms with Gasteiger partial charge in [0.15, 0.2) is 17.4 Å². The van der Waals surface area contributed by atoms with E-state index in [1.54, 1.807) is 24.3 Å². The second-order valence-corrected chi connectivity index (χ2v) is 9.78. The highest BCUT2D eigenvalue weighted by Crippen LogP contribution is 2.35. The van der Waals surface area contributed by atoms with Crippen LogP contribution < -0.4 is 20.1 Å². The van der Waals surface area contributed by atoms with E-state index in [0.29, 0.717) is 39.0 Å². The molecule has 3 aromatic rings. The van der Waals surface area contributed by atoms with Crippen molar-refractivity contribution in [1.82, 2.24) is 15.3 Å². The summed E-state index contributed by atoms with van der Waals surface area (Å²) in [4.78, 5) is 8.53. The van der Waals surface area contributed by atoms with Gasteiger partial charge in [-0.2, -0.15) is 0 Å². The standard InChI is InChI=1S/C21H23ClFN4O3S/c1-29-19-7-15-18(8-20(19)30-9-14(28)10-31-5-4-24-12-31)25-11-26-21(15)27-17-3-2-13(22)6-16(17)23/h2-3,6-8,11,14,24,28H,4-5,9-10,12H2,1H3,(H,25,26,27)/q+1. The molecule has 1 saturated heterocycles. The molecule has 2 unspecified atom stereocenters. The monoisotopic (exact) mass is 465 g/mol. The molecular formula is C21H23ClFN4O3S+. The number of fused-ring (bicyclic) bond motifs is 1. The first-order valence-electron chi connectivity index (χ1n) is 9.74. The Morgan fingerprint density at radius 3 is 2.90 bits per heavy atom. The van der Waals surface area contributed by atoms with Gasteiger partial charge in [0.25, 0.3) is 0 Å². The highest BCUT2D eigenvalue weighted by molar-refractivity contribution is 7.97. The second kappa shape index (κ2) is 9.86. The van der Waals surface area contributed by atoms with Gasteiger partial charge in [-0.25, -0.2) is 14.4 Å². The van der Waals surface area contributed by atoms with Crippen molar-refractivity contribution in [3.63, 3.8) is 0 Å². The van der Waals surface area contributed by atoms with E-state index in [1.165, 1.54) is 19.5 Å². The van der Waals surface area contributed by atoms with E-state index in [9.17, 15) is 9.50 Å². The molecule has 1 aliphatic rings. The molecule has 1 aromatic heterocycles. The third-order valence-electron chi connectivity index (χ3n) is 4.84. The fourth-order valence-corrected chi connectivity index (χ4v) is 5.40. The summed E-state index contributed by atoms with van der Waals surface area (Å²) in [7, 11) is 1.72. The molecule has 2 atom stereocenters. The number of hydrogen-bond donors (Lipinski definition) is 3. The van der Waals surface area contributed by atoms with E-state index >= 15 is 0 Å². The Kier molecular flexibility index (Phi) is 6.96. The first-order chi connectivity index (χ1) is 15.0. The van der Waals surface area contributed by atoms with E-state index in [1.807, 2.05) is 0 Å². The lowest BCUT2D eigenvalue weighted by atomic mass is 10.2. The number of nitrogens with zero attached hydrogens (tertiary/aromatic N) is 2. The van der Waals surface area contributed by atoms with Gasteiger partial charge in [0, 0.05) is 33.9 Å². The summed E-state index contributed by atoms with van der Waals surface area (Å²) in [5.74, 6) is 3.65. The summed E-state index contributed by atoms with van der Waals surface area (Å²) in [6.45, 7) is 1.17. The van der Waals surface area contributed by atoms with Gasteiger partial charge in [-0.05, 0) is 24.3 Å². The third kappa shape index (κ3) is 5.30. The Labute approximate surface area is 187 Å². The van der Waals surface area contributed by atoms with Crippen LogP contribution in [0.5, 0.6) is 11.5 Å². The molecule has 0 saturated carbocycles. The van der Waals surface area contributed by atoms with Crippen molar-refractivity contribution < 1.29 is 19.0 Å². The summed E-state index contributed by atoms with van der Waals surface area (Å²) < 4.78 is 25.5. The molecule has 0 aliphatic carbocycles. The zero-order valence-electron chi connectivity index (χ0n) is 16.9. The molecule has 0 spiro atoms. The molecule has 0 radical (unpaired) electrons. The maximum absolute atomic E-state index is 14.2. The van der Waals surface area contributed by atoms with Crippen LogP contribution in [-0.2, 0) is 10.9 Å². The highest BCUT2D eigenvalue weighted by atomic mass is 35.5. The van der Waals surface area contributed by atoms with Gasteiger partial charge in [-0.3, -0.25) is 5.32 Å². The zero-order chi connectivity index (χ0) is 21.8. The summed E-state index contributed by atoms with van der Waals surface area (Å²) >= 11 is 5.83. The number of nitrogens with one attached hydrogen (secondary N) is 2. The van der Waals surface area contributed by atoms with E-state index in [4.69, 9.17) is 21.1 Å². The van der Waals surface area contributed by atoms with Gasteiger partial charge in [0.1, 0.15) is 42.2 Å². The Morgan fingerprint density at radius 1 is 1.29 bits per heavy atom. The van der Waals surface area contributed by atoms with Gasteiger partial charge in [0.2, 0.25) is 0 Å². The van der Waals surface area contributed by atoms with Crippen LogP contribution in [0.3, 0.4) is 0 Å². The SMILES string of the molecule is COc1cc2c(Nc3ccc(Cl)cc3F)ncnc2cc1OCC(O)C[S+]1CCNC1. The van der Waals surface area contributed by atoms with Crippen LogP contribution in [0.2, 0.25) is 5.02 Å². The quantitative estimate of drug-likeness (QED) is 0.440. The lowest BCUT2D eigenvalue weighted by Gasteiger charge is -2.15. The average molecular weight is 466 g/mol. The lowest BCUT2D eigenvalue weighted by molar-refractivity contribution is 0.124. The molecule has 1 fully saturated rings. The van der Waals surface area contributed by atoms with E-state index in [2.05, 4.69) is 20.6 Å². The fraction of sp³-hybridized carbons (Fsp3) is 0.333. The Hall–Kier alpha value is -2.33. The Balaban J connectivity index is 1.54. The maximum Gasteiger partial charge on any atom is 0.163 e. The van der Waals surface area contributed by atoms with Gasteiger partial charge in [0.05, 0.1) is 18.3 Å². The minimum Gasteiger partial charge on any atom is -0.493 e. The molecule has 2 heterocycles. The van der Waals surface area contributed by atoms with Crippen molar-refractivity contribution in [3.05, 3.63) is 47.5 Å². The molecule has 2 aromatic carbocycles. The van der Waals surface area contributed by atoms with Crippen molar-refractivity contribution in [2.24, 2.45) is 0 Å². The number of anilines is 2. The lowest BCUT2D eigenvalue weighted by Crippen LogP contribution is -2.28. The smallest absolute Gasteiger partial charge is 0.163 e. The molecule has 7 nitrogen and oxygen atoms in total. The van der Waals surface area contributed by atoms with Crippen molar-refractivity contribution in [1.29, 1.82) is 0 Å². The van der Waals surface area contributed by atoms with Crippen LogP contribution >= 0.6 is 11.6 Å². The van der Waals surface area contributed by atoms with Crippen LogP contribution in [0.1, 0.15) is 0 Å². The van der Waals surface area contributed by atoms with Crippen LogP contribution in [0.15, 0.2) is 36.7 Å². The first kappa shape index (κ1) is 21.9. The molecule has 4 rings (SSSR count). The number of benzene rings is 2. The van der Waals surface area contributed by atoms with Gasteiger partial charge < -0.3 is 19.9 Å².